The second kappa shape index (κ2) is 2.89. The zero-order valence-corrected chi connectivity index (χ0v) is 6.83. The van der Waals surface area contributed by atoms with Gasteiger partial charge in [-0.3, -0.25) is 4.99 Å². The van der Waals surface area contributed by atoms with Gasteiger partial charge in [-0.1, -0.05) is 0 Å². The lowest BCUT2D eigenvalue weighted by Crippen LogP contribution is -1.84. The molecule has 0 bridgehead atoms. The molecular formula is C7H8N2S. The molecule has 0 fully saturated rings. The molecule has 52 valence electrons. The maximum absolute atomic E-state index is 6.72. The third-order valence-corrected chi connectivity index (χ3v) is 2.41. The first-order chi connectivity index (χ1) is 4.74. The molecule has 3 heteroatoms. The van der Waals surface area contributed by atoms with Gasteiger partial charge in [-0.05, 0) is 13.8 Å². The van der Waals surface area contributed by atoms with E-state index in [0.717, 1.165) is 16.5 Å². The van der Waals surface area contributed by atoms with Crippen LogP contribution in [0.2, 0.25) is 0 Å². The van der Waals surface area contributed by atoms with Crippen LogP contribution in [0.3, 0.4) is 0 Å². The summed E-state index contributed by atoms with van der Waals surface area (Å²) in [6.07, 6.45) is 0. The smallest absolute Gasteiger partial charge is 0.193 e. The molecule has 1 aliphatic rings. The third kappa shape index (κ3) is 1.39. The minimum atomic E-state index is 0.710. The van der Waals surface area contributed by atoms with Crippen molar-refractivity contribution in [1.29, 1.82) is 0 Å². The molecule has 10 heavy (non-hydrogen) atoms. The second-order valence-corrected chi connectivity index (χ2v) is 3.10. The van der Waals surface area contributed by atoms with E-state index in [0.29, 0.717) is 5.70 Å². The van der Waals surface area contributed by atoms with Gasteiger partial charge in [0.15, 0.2) is 5.70 Å². The van der Waals surface area contributed by atoms with Crippen molar-refractivity contribution in [3.05, 3.63) is 22.1 Å². The lowest BCUT2D eigenvalue weighted by atomic mass is 10.5. The monoisotopic (exact) mass is 152 g/mol. The van der Waals surface area contributed by atoms with Crippen LogP contribution in [0.25, 0.3) is 4.85 Å². The van der Waals surface area contributed by atoms with E-state index in [-0.39, 0.29) is 0 Å². The minimum absolute atomic E-state index is 0.710. The molecule has 0 amide bonds. The van der Waals surface area contributed by atoms with Gasteiger partial charge in [-0.2, -0.15) is 0 Å². The Morgan fingerprint density at radius 3 is 2.90 bits per heavy atom. The van der Waals surface area contributed by atoms with Gasteiger partial charge in [0, 0.05) is 11.5 Å². The summed E-state index contributed by atoms with van der Waals surface area (Å²) in [4.78, 5) is 7.51. The maximum Gasteiger partial charge on any atom is 0.193 e. The number of nitrogens with zero attached hydrogens (tertiary/aromatic N) is 2. The van der Waals surface area contributed by atoms with Gasteiger partial charge in [-0.25, -0.2) is 4.85 Å². The van der Waals surface area contributed by atoms with Gasteiger partial charge >= 0.3 is 0 Å². The Morgan fingerprint density at radius 2 is 2.50 bits per heavy atom. The van der Waals surface area contributed by atoms with Gasteiger partial charge in [0.05, 0.1) is 11.6 Å². The van der Waals surface area contributed by atoms with Crippen LogP contribution in [-0.4, -0.2) is 11.5 Å². The fraction of sp³-hybridized carbons (Fsp3) is 0.429. The number of hydrogen-bond donors (Lipinski definition) is 0. The van der Waals surface area contributed by atoms with Crippen molar-refractivity contribution in [2.24, 2.45) is 4.99 Å². The van der Waals surface area contributed by atoms with Crippen LogP contribution in [0.15, 0.2) is 15.7 Å². The largest absolute Gasteiger partial charge is 0.262 e. The lowest BCUT2D eigenvalue weighted by molar-refractivity contribution is 1.39. The van der Waals surface area contributed by atoms with Gasteiger partial charge in [0.2, 0.25) is 0 Å². The Morgan fingerprint density at radius 1 is 1.80 bits per heavy atom. The topological polar surface area (TPSA) is 16.7 Å². The van der Waals surface area contributed by atoms with Gasteiger partial charge in [0.1, 0.15) is 0 Å². The second-order valence-electron chi connectivity index (χ2n) is 2.14. The highest BCUT2D eigenvalue weighted by molar-refractivity contribution is 8.04. The number of aliphatic imine (C=N–C) groups is 1. The van der Waals surface area contributed by atoms with E-state index in [2.05, 4.69) is 9.84 Å². The molecule has 0 aromatic rings. The molecule has 0 unspecified atom stereocenters. The first-order valence-corrected chi connectivity index (χ1v) is 3.98. The Bertz CT molecular complexity index is 245. The van der Waals surface area contributed by atoms with Crippen LogP contribution in [0.4, 0.5) is 0 Å². The van der Waals surface area contributed by atoms with Crippen molar-refractivity contribution in [2.75, 3.05) is 5.75 Å². The molecule has 0 saturated carbocycles. The Hall–Kier alpha value is -0.750. The normalized spacial score (nSPS) is 21.9. The number of allylic oxidation sites excluding steroid dienone is 1. The van der Waals surface area contributed by atoms with E-state index in [9.17, 15) is 0 Å². The summed E-state index contributed by atoms with van der Waals surface area (Å²) < 4.78 is 0. The SMILES string of the molecule is [C-]#[N+]/C(C)=C1/N=C(C)CS1. The molecule has 0 atom stereocenters. The average molecular weight is 152 g/mol. The van der Waals surface area contributed by atoms with Gasteiger partial charge in [-0.15, -0.1) is 11.8 Å². The molecule has 1 aliphatic heterocycles. The Kier molecular flexibility index (Phi) is 2.13. The van der Waals surface area contributed by atoms with Crippen LogP contribution < -0.4 is 0 Å². The lowest BCUT2D eigenvalue weighted by Gasteiger charge is -1.89. The zero-order valence-electron chi connectivity index (χ0n) is 6.01. The number of thioether (sulfide) groups is 1. The highest BCUT2D eigenvalue weighted by Crippen LogP contribution is 2.27. The molecular weight excluding hydrogens is 144 g/mol. The summed E-state index contributed by atoms with van der Waals surface area (Å²) in [5.41, 5.74) is 1.82. The van der Waals surface area contributed by atoms with E-state index in [1.165, 1.54) is 0 Å². The van der Waals surface area contributed by atoms with Crippen molar-refractivity contribution in [2.45, 2.75) is 13.8 Å². The predicted octanol–water partition coefficient (Wildman–Crippen LogP) is 2.30. The average Bonchev–Trinajstić information content (AvgIpc) is 2.34. The van der Waals surface area contributed by atoms with E-state index in [4.69, 9.17) is 6.57 Å². The molecule has 0 aliphatic carbocycles. The summed E-state index contributed by atoms with van der Waals surface area (Å²) in [5.74, 6) is 0.947. The molecule has 0 radical (unpaired) electrons. The van der Waals surface area contributed by atoms with Crippen molar-refractivity contribution in [3.63, 3.8) is 0 Å². The molecule has 0 N–H and O–H groups in total. The van der Waals surface area contributed by atoms with Crippen molar-refractivity contribution in [1.82, 2.24) is 0 Å². The third-order valence-electron chi connectivity index (χ3n) is 1.19. The molecule has 0 aromatic heterocycles. The molecule has 2 nitrogen and oxygen atoms in total. The quantitative estimate of drug-likeness (QED) is 0.487. The van der Waals surface area contributed by atoms with Crippen LogP contribution in [0.5, 0.6) is 0 Å². The molecule has 0 saturated heterocycles. The first-order valence-electron chi connectivity index (χ1n) is 2.99. The van der Waals surface area contributed by atoms with Crippen LogP contribution >= 0.6 is 11.8 Å². The Balaban J connectivity index is 2.89. The van der Waals surface area contributed by atoms with Crippen LogP contribution in [0, 0.1) is 6.57 Å². The number of rotatable bonds is 0. The molecule has 1 heterocycles. The van der Waals surface area contributed by atoms with E-state index in [1.807, 2.05) is 6.92 Å². The van der Waals surface area contributed by atoms with Crippen LogP contribution in [0.1, 0.15) is 13.8 Å². The maximum atomic E-state index is 6.72. The minimum Gasteiger partial charge on any atom is -0.262 e. The Labute approximate surface area is 64.9 Å². The summed E-state index contributed by atoms with van der Waals surface area (Å²) in [6.45, 7) is 10.5. The summed E-state index contributed by atoms with van der Waals surface area (Å²) in [5, 5.41) is 0.896. The fourth-order valence-electron chi connectivity index (χ4n) is 0.644. The highest BCUT2D eigenvalue weighted by Gasteiger charge is 2.09. The molecule has 0 spiro atoms. The summed E-state index contributed by atoms with van der Waals surface area (Å²) in [7, 11) is 0. The summed E-state index contributed by atoms with van der Waals surface area (Å²) >= 11 is 1.65. The highest BCUT2D eigenvalue weighted by atomic mass is 32.2. The van der Waals surface area contributed by atoms with Gasteiger partial charge in [0.25, 0.3) is 0 Å². The predicted molar refractivity (Wildman–Crippen MR) is 44.9 cm³/mol. The summed E-state index contributed by atoms with van der Waals surface area (Å²) in [6, 6.07) is 0. The van der Waals surface area contributed by atoms with E-state index in [1.54, 1.807) is 18.7 Å². The number of hydrogen-bond acceptors (Lipinski definition) is 2. The van der Waals surface area contributed by atoms with Crippen molar-refractivity contribution < 1.29 is 0 Å². The molecule has 1 rings (SSSR count). The van der Waals surface area contributed by atoms with Crippen LogP contribution in [-0.2, 0) is 0 Å². The van der Waals surface area contributed by atoms with Gasteiger partial charge < -0.3 is 0 Å². The van der Waals surface area contributed by atoms with Crippen molar-refractivity contribution >= 4 is 17.5 Å². The fourth-order valence-corrected chi connectivity index (χ4v) is 1.53. The zero-order chi connectivity index (χ0) is 7.56. The molecule has 0 aromatic carbocycles. The van der Waals surface area contributed by atoms with E-state index >= 15 is 0 Å². The van der Waals surface area contributed by atoms with Crippen molar-refractivity contribution in [3.8, 4) is 0 Å². The van der Waals surface area contributed by atoms with E-state index < -0.39 is 0 Å². The standard InChI is InChI=1S/C7H8N2S/c1-5-4-10-7(9-5)6(2)8-3/h4H2,1-2H3/b7-6-. The first kappa shape index (κ1) is 7.36.